The molecular weight excluding hydrogens is 520 g/mol. The minimum atomic E-state index is -1.17. The van der Waals surface area contributed by atoms with Crippen molar-refractivity contribution >= 4 is 17.7 Å². The number of aliphatic hydroxyl groups is 1. The molecule has 0 saturated heterocycles. The number of Topliss-reactive ketones (excluding diaryl/α,β-unsaturated/α-hetero) is 1. The van der Waals surface area contributed by atoms with E-state index >= 15 is 0 Å². The van der Waals surface area contributed by atoms with Gasteiger partial charge in [0.1, 0.15) is 17.3 Å². The largest absolute Gasteiger partial charge is 0.496 e. The van der Waals surface area contributed by atoms with E-state index in [1.165, 1.54) is 19.4 Å². The minimum Gasteiger partial charge on any atom is -0.496 e. The van der Waals surface area contributed by atoms with Crippen LogP contribution in [0.1, 0.15) is 81.0 Å². The minimum absolute atomic E-state index is 0.0152. The van der Waals surface area contributed by atoms with Crippen LogP contribution < -0.4 is 4.74 Å². The molecule has 0 aliphatic heterocycles. The van der Waals surface area contributed by atoms with E-state index in [9.17, 15) is 19.5 Å². The summed E-state index contributed by atoms with van der Waals surface area (Å²) in [6, 6.07) is 13.1. The number of ether oxygens (including phenoxy) is 3. The van der Waals surface area contributed by atoms with E-state index in [-0.39, 0.29) is 18.1 Å². The maximum Gasteiger partial charge on any atom is 0.352 e. The van der Waals surface area contributed by atoms with Crippen molar-refractivity contribution in [1.29, 1.82) is 0 Å². The van der Waals surface area contributed by atoms with Gasteiger partial charge in [-0.1, -0.05) is 43.3 Å². The Bertz CT molecular complexity index is 1380. The van der Waals surface area contributed by atoms with Gasteiger partial charge in [-0.2, -0.15) is 0 Å². The second kappa shape index (κ2) is 11.1. The molecule has 218 valence electrons. The maximum atomic E-state index is 13.2. The van der Waals surface area contributed by atoms with Crippen LogP contribution in [0.2, 0.25) is 0 Å². The van der Waals surface area contributed by atoms with Crippen LogP contribution in [0.3, 0.4) is 0 Å². The molecule has 1 unspecified atom stereocenters. The van der Waals surface area contributed by atoms with E-state index in [1.54, 1.807) is 31.4 Å². The van der Waals surface area contributed by atoms with Crippen LogP contribution in [-0.4, -0.2) is 41.6 Å². The summed E-state index contributed by atoms with van der Waals surface area (Å²) in [6.07, 6.45) is 3.94. The Morgan fingerprint density at radius 1 is 1.10 bits per heavy atom. The van der Waals surface area contributed by atoms with Gasteiger partial charge in [0.15, 0.2) is 6.10 Å². The van der Waals surface area contributed by atoms with Gasteiger partial charge >= 0.3 is 11.9 Å². The Morgan fingerprint density at radius 3 is 2.51 bits per heavy atom. The summed E-state index contributed by atoms with van der Waals surface area (Å²) in [4.78, 5) is 38.2. The van der Waals surface area contributed by atoms with Gasteiger partial charge in [0.05, 0.1) is 18.6 Å². The third kappa shape index (κ3) is 4.99. The number of allylic oxidation sites excluding steroid dienone is 1. The van der Waals surface area contributed by atoms with Crippen molar-refractivity contribution < 1.29 is 33.7 Å². The quantitative estimate of drug-likeness (QED) is 0.426. The van der Waals surface area contributed by atoms with Crippen molar-refractivity contribution in [3.63, 3.8) is 0 Å². The van der Waals surface area contributed by atoms with Gasteiger partial charge < -0.3 is 19.3 Å². The fourth-order valence-corrected chi connectivity index (χ4v) is 7.69. The molecule has 3 aliphatic rings. The maximum absolute atomic E-state index is 13.2. The fourth-order valence-electron chi connectivity index (χ4n) is 7.69. The zero-order chi connectivity index (χ0) is 29.5. The molecule has 7 nitrogen and oxygen atoms in total. The van der Waals surface area contributed by atoms with Crippen LogP contribution in [0.15, 0.2) is 54.3 Å². The van der Waals surface area contributed by atoms with Crippen molar-refractivity contribution in [2.75, 3.05) is 7.11 Å². The Hall–Kier alpha value is -3.45. The van der Waals surface area contributed by atoms with Gasteiger partial charge in [-0.3, -0.25) is 9.59 Å². The lowest BCUT2D eigenvalue weighted by molar-refractivity contribution is -0.169. The van der Waals surface area contributed by atoms with Crippen LogP contribution in [-0.2, 0) is 35.7 Å². The summed E-state index contributed by atoms with van der Waals surface area (Å²) in [5.41, 5.74) is 2.43. The summed E-state index contributed by atoms with van der Waals surface area (Å²) >= 11 is 0. The number of benzene rings is 2. The van der Waals surface area contributed by atoms with Crippen molar-refractivity contribution in [2.45, 2.75) is 89.3 Å². The number of ketones is 1. The fraction of sp³-hybridized carbons (Fsp3) is 0.500. The Balaban J connectivity index is 1.38. The molecule has 7 heteroatoms. The van der Waals surface area contributed by atoms with Gasteiger partial charge in [0.25, 0.3) is 0 Å². The Morgan fingerprint density at radius 2 is 1.83 bits per heavy atom. The first-order valence-electron chi connectivity index (χ1n) is 14.6. The average Bonchev–Trinajstić information content (AvgIpc) is 2.94. The summed E-state index contributed by atoms with van der Waals surface area (Å²) in [7, 11) is 1.66. The predicted molar refractivity (Wildman–Crippen MR) is 153 cm³/mol. The molecule has 0 aromatic heterocycles. The lowest BCUT2D eigenvalue weighted by Crippen LogP contribution is -2.65. The zero-order valence-electron chi connectivity index (χ0n) is 24.6. The molecule has 2 bridgehead atoms. The number of esters is 2. The van der Waals surface area contributed by atoms with E-state index in [1.807, 2.05) is 25.1 Å². The smallest absolute Gasteiger partial charge is 0.352 e. The molecule has 41 heavy (non-hydrogen) atoms. The molecule has 1 N–H and O–H groups in total. The van der Waals surface area contributed by atoms with Gasteiger partial charge in [-0.25, -0.2) is 4.79 Å². The van der Waals surface area contributed by atoms with Crippen molar-refractivity contribution in [3.8, 4) is 5.75 Å². The molecule has 0 radical (unpaired) electrons. The highest BCUT2D eigenvalue weighted by molar-refractivity contribution is 5.88. The molecule has 2 aromatic carbocycles. The highest BCUT2D eigenvalue weighted by Crippen LogP contribution is 2.63. The van der Waals surface area contributed by atoms with Crippen LogP contribution in [0, 0.1) is 18.8 Å². The second-order valence-electron chi connectivity index (χ2n) is 12.2. The first-order chi connectivity index (χ1) is 19.5. The lowest BCUT2D eigenvalue weighted by atomic mass is 9.44. The van der Waals surface area contributed by atoms with E-state index in [4.69, 9.17) is 14.2 Å². The molecular formula is C34H40O7. The van der Waals surface area contributed by atoms with E-state index in [0.717, 1.165) is 36.1 Å². The topological polar surface area (TPSA) is 99.1 Å². The van der Waals surface area contributed by atoms with E-state index in [0.29, 0.717) is 30.1 Å². The third-order valence-corrected chi connectivity index (χ3v) is 9.75. The normalized spacial score (nSPS) is 27.8. The first kappa shape index (κ1) is 29.1. The molecule has 0 heterocycles. The van der Waals surface area contributed by atoms with E-state index < -0.39 is 35.0 Å². The molecule has 1 saturated carbocycles. The number of methoxy groups -OCH3 is 1. The molecule has 6 atom stereocenters. The highest BCUT2D eigenvalue weighted by atomic mass is 16.6. The second-order valence-corrected chi connectivity index (χ2v) is 12.2. The monoisotopic (exact) mass is 560 g/mol. The number of carbonyl (C=O) groups is 3. The van der Waals surface area contributed by atoms with Gasteiger partial charge in [-0.05, 0) is 92.7 Å². The highest BCUT2D eigenvalue weighted by Gasteiger charge is 2.64. The van der Waals surface area contributed by atoms with Crippen LogP contribution in [0.4, 0.5) is 0 Å². The molecule has 1 fully saturated rings. The standard InChI is InChI=1S/C34H40O7/c1-20-13-15-33-19-26(14-16-34(33,38)28(20)18-25-11-12-29(39-5)22(3)30(25)33)41-31(36)23(4)40-32(37)27(17-21(2)35)24-9-7-6-8-10-24/h6-12,14,20,23,27-28,38H,13,15-19H2,1-5H3/t20?,23-,27-,28-,33+,34+/m0/s1. The van der Waals surface area contributed by atoms with Crippen LogP contribution >= 0.6 is 0 Å². The number of carbonyl (C=O) groups excluding carboxylic acids is 3. The number of rotatable bonds is 8. The summed E-state index contributed by atoms with van der Waals surface area (Å²) in [5.74, 6) is -0.544. The van der Waals surface area contributed by atoms with Gasteiger partial charge in [-0.15, -0.1) is 0 Å². The molecule has 0 spiro atoms. The molecule has 2 aromatic rings. The average molecular weight is 561 g/mol. The molecule has 5 rings (SSSR count). The summed E-state index contributed by atoms with van der Waals surface area (Å²) in [5, 5.41) is 12.4. The SMILES string of the molecule is COc1ccc2c(c1C)[C@]13CCC(C)[C@H](C2)[C@]1(O)CC=C(OC(=O)[C@H](C)OC(=O)[C@@H](CC(C)=O)c1ccccc1)C3. The number of hydrogen-bond acceptors (Lipinski definition) is 7. The summed E-state index contributed by atoms with van der Waals surface area (Å²) in [6.45, 7) is 7.17. The first-order valence-corrected chi connectivity index (χ1v) is 14.6. The van der Waals surface area contributed by atoms with Crippen molar-refractivity contribution in [3.05, 3.63) is 76.6 Å². The third-order valence-electron chi connectivity index (χ3n) is 9.75. The zero-order valence-corrected chi connectivity index (χ0v) is 24.6. The van der Waals surface area contributed by atoms with Crippen molar-refractivity contribution in [1.82, 2.24) is 0 Å². The van der Waals surface area contributed by atoms with E-state index in [2.05, 4.69) is 13.0 Å². The van der Waals surface area contributed by atoms with Crippen molar-refractivity contribution in [2.24, 2.45) is 11.8 Å². The van der Waals surface area contributed by atoms with Gasteiger partial charge in [0, 0.05) is 18.3 Å². The molecule has 0 amide bonds. The summed E-state index contributed by atoms with van der Waals surface area (Å²) < 4.78 is 17.1. The Labute approximate surface area is 241 Å². The predicted octanol–water partition coefficient (Wildman–Crippen LogP) is 5.49. The number of hydrogen-bond donors (Lipinski definition) is 1. The molecule has 3 aliphatic carbocycles. The van der Waals surface area contributed by atoms with Crippen LogP contribution in [0.5, 0.6) is 5.75 Å². The van der Waals surface area contributed by atoms with Crippen LogP contribution in [0.25, 0.3) is 0 Å². The Kier molecular flexibility index (Phi) is 7.86. The number of fused-ring (bicyclic) bond motifs is 1. The lowest BCUT2D eigenvalue weighted by Gasteiger charge is -2.62. The van der Waals surface area contributed by atoms with Gasteiger partial charge in [0.2, 0.25) is 0 Å².